The number of guanidine groups is 1. The van der Waals surface area contributed by atoms with Crippen molar-refractivity contribution < 1.29 is 0 Å². The summed E-state index contributed by atoms with van der Waals surface area (Å²) < 4.78 is 0. The summed E-state index contributed by atoms with van der Waals surface area (Å²) >= 11 is 0. The van der Waals surface area contributed by atoms with Crippen molar-refractivity contribution in [2.24, 2.45) is 16.8 Å². The average Bonchev–Trinajstić information content (AvgIpc) is 3.00. The van der Waals surface area contributed by atoms with Crippen LogP contribution in [0.25, 0.3) is 0 Å². The molecule has 1 heterocycles. The number of rotatable bonds is 9. The van der Waals surface area contributed by atoms with Crippen LogP contribution >= 0.6 is 0 Å². The Kier molecular flexibility index (Phi) is 9.53. The Morgan fingerprint density at radius 3 is 2.41 bits per heavy atom. The van der Waals surface area contributed by atoms with Crippen molar-refractivity contribution in [3.63, 3.8) is 0 Å². The van der Waals surface area contributed by atoms with E-state index in [1.807, 2.05) is 0 Å². The van der Waals surface area contributed by atoms with Crippen LogP contribution < -0.4 is 5.32 Å². The molecule has 130 valence electrons. The lowest BCUT2D eigenvalue weighted by Gasteiger charge is -2.24. The van der Waals surface area contributed by atoms with Crippen molar-refractivity contribution in [3.8, 4) is 0 Å². The fraction of sp³-hybridized carbons (Fsp3) is 0.944. The minimum atomic E-state index is 0.725. The van der Waals surface area contributed by atoms with Gasteiger partial charge in [-0.15, -0.1) is 0 Å². The third-order valence-electron chi connectivity index (χ3n) is 4.99. The van der Waals surface area contributed by atoms with Crippen LogP contribution in [0, 0.1) is 11.8 Å². The molecule has 0 spiro atoms. The molecule has 1 aliphatic rings. The van der Waals surface area contributed by atoms with Crippen LogP contribution in [0.3, 0.4) is 0 Å². The summed E-state index contributed by atoms with van der Waals surface area (Å²) in [6.45, 7) is 19.0. The first kappa shape index (κ1) is 19.3. The van der Waals surface area contributed by atoms with Gasteiger partial charge in [0, 0.05) is 32.7 Å². The molecule has 4 nitrogen and oxygen atoms in total. The fourth-order valence-corrected chi connectivity index (χ4v) is 3.21. The molecule has 22 heavy (non-hydrogen) atoms. The zero-order valence-corrected chi connectivity index (χ0v) is 15.6. The number of nitrogens with one attached hydrogen (secondary N) is 1. The molecule has 0 aromatic carbocycles. The smallest absolute Gasteiger partial charge is 0.193 e. The van der Waals surface area contributed by atoms with E-state index in [1.54, 1.807) is 0 Å². The Labute approximate surface area is 138 Å². The topological polar surface area (TPSA) is 30.9 Å². The number of hydrogen-bond acceptors (Lipinski definition) is 2. The summed E-state index contributed by atoms with van der Waals surface area (Å²) in [6, 6.07) is 0. The Hall–Kier alpha value is -0.770. The predicted molar refractivity (Wildman–Crippen MR) is 97.5 cm³/mol. The molecule has 1 rings (SSSR count). The highest BCUT2D eigenvalue weighted by Crippen LogP contribution is 2.18. The van der Waals surface area contributed by atoms with Crippen LogP contribution in [0.4, 0.5) is 0 Å². The first-order chi connectivity index (χ1) is 10.7. The molecule has 0 radical (unpaired) electrons. The molecule has 1 aliphatic heterocycles. The van der Waals surface area contributed by atoms with Gasteiger partial charge in [-0.25, -0.2) is 0 Å². The van der Waals surface area contributed by atoms with Crippen LogP contribution in [0.15, 0.2) is 4.99 Å². The van der Waals surface area contributed by atoms with Gasteiger partial charge < -0.3 is 15.1 Å². The normalized spacial score (nSPS) is 19.5. The second-order valence-electron chi connectivity index (χ2n) is 6.46. The van der Waals surface area contributed by atoms with Crippen LogP contribution in [-0.4, -0.2) is 61.6 Å². The summed E-state index contributed by atoms with van der Waals surface area (Å²) in [5, 5.41) is 3.49. The van der Waals surface area contributed by atoms with Gasteiger partial charge in [0.1, 0.15) is 0 Å². The van der Waals surface area contributed by atoms with Crippen LogP contribution in [-0.2, 0) is 0 Å². The second-order valence-corrected chi connectivity index (χ2v) is 6.46. The van der Waals surface area contributed by atoms with Gasteiger partial charge in [-0.05, 0) is 38.3 Å². The molecule has 0 aliphatic carbocycles. The molecule has 1 fully saturated rings. The van der Waals surface area contributed by atoms with E-state index < -0.39 is 0 Å². The van der Waals surface area contributed by atoms with E-state index in [0.29, 0.717) is 0 Å². The van der Waals surface area contributed by atoms with Crippen molar-refractivity contribution in [1.29, 1.82) is 0 Å². The van der Waals surface area contributed by atoms with Gasteiger partial charge in [-0.1, -0.05) is 40.5 Å². The minimum Gasteiger partial charge on any atom is -0.357 e. The van der Waals surface area contributed by atoms with Gasteiger partial charge >= 0.3 is 0 Å². The van der Waals surface area contributed by atoms with Gasteiger partial charge in [0.2, 0.25) is 0 Å². The van der Waals surface area contributed by atoms with Gasteiger partial charge in [0.05, 0.1) is 0 Å². The Bertz CT molecular complexity index is 308. The highest BCUT2D eigenvalue weighted by molar-refractivity contribution is 5.80. The van der Waals surface area contributed by atoms with Crippen molar-refractivity contribution in [2.45, 2.75) is 53.9 Å². The molecule has 0 saturated carbocycles. The highest BCUT2D eigenvalue weighted by Gasteiger charge is 2.25. The minimum absolute atomic E-state index is 0.725. The zero-order chi connectivity index (χ0) is 16.4. The maximum absolute atomic E-state index is 4.91. The number of nitrogens with zero attached hydrogens (tertiary/aromatic N) is 3. The van der Waals surface area contributed by atoms with Crippen LogP contribution in [0.1, 0.15) is 53.9 Å². The first-order valence-electron chi connectivity index (χ1n) is 9.43. The van der Waals surface area contributed by atoms with Crippen molar-refractivity contribution in [3.05, 3.63) is 0 Å². The second kappa shape index (κ2) is 10.9. The fourth-order valence-electron chi connectivity index (χ4n) is 3.21. The molecule has 0 aromatic heterocycles. The van der Waals surface area contributed by atoms with Crippen LogP contribution in [0.2, 0.25) is 0 Å². The third-order valence-corrected chi connectivity index (χ3v) is 4.99. The van der Waals surface area contributed by atoms with Crippen molar-refractivity contribution in [1.82, 2.24) is 15.1 Å². The van der Waals surface area contributed by atoms with Crippen molar-refractivity contribution >= 4 is 5.96 Å². The largest absolute Gasteiger partial charge is 0.357 e. The molecule has 0 amide bonds. The van der Waals surface area contributed by atoms with Gasteiger partial charge in [0.25, 0.3) is 0 Å². The highest BCUT2D eigenvalue weighted by atomic mass is 15.3. The predicted octanol–water partition coefficient (Wildman–Crippen LogP) is 3.05. The molecule has 4 heteroatoms. The van der Waals surface area contributed by atoms with Gasteiger partial charge in [-0.3, -0.25) is 4.99 Å². The molecule has 0 aromatic rings. The zero-order valence-electron chi connectivity index (χ0n) is 15.6. The standard InChI is InChI=1S/C18H38N4/c1-6-16(7-2)13-20-18(19-8-3)22-12-11-17(15-22)14-21(9-4)10-5/h16-17H,6-15H2,1-5H3,(H,19,20). The number of aliphatic imine (C=N–C) groups is 1. The van der Waals surface area contributed by atoms with E-state index in [9.17, 15) is 0 Å². The molecule has 1 saturated heterocycles. The lowest BCUT2D eigenvalue weighted by Crippen LogP contribution is -2.41. The molecule has 1 atom stereocenters. The van der Waals surface area contributed by atoms with E-state index in [1.165, 1.54) is 25.8 Å². The Morgan fingerprint density at radius 2 is 1.86 bits per heavy atom. The number of likely N-dealkylation sites (tertiary alicyclic amines) is 1. The van der Waals surface area contributed by atoms with Crippen LogP contribution in [0.5, 0.6) is 0 Å². The third kappa shape index (κ3) is 6.15. The SMILES string of the molecule is CCNC(=NCC(CC)CC)N1CCC(CN(CC)CC)C1. The first-order valence-corrected chi connectivity index (χ1v) is 9.43. The average molecular weight is 311 g/mol. The van der Waals surface area contributed by atoms with Gasteiger partial charge in [-0.2, -0.15) is 0 Å². The maximum Gasteiger partial charge on any atom is 0.193 e. The lowest BCUT2D eigenvalue weighted by molar-refractivity contribution is 0.255. The van der Waals surface area contributed by atoms with Gasteiger partial charge in [0.15, 0.2) is 5.96 Å². The maximum atomic E-state index is 4.91. The van der Waals surface area contributed by atoms with E-state index in [2.05, 4.69) is 49.7 Å². The van der Waals surface area contributed by atoms with E-state index in [0.717, 1.165) is 57.1 Å². The molecular formula is C18H38N4. The van der Waals surface area contributed by atoms with E-state index in [-0.39, 0.29) is 0 Å². The lowest BCUT2D eigenvalue weighted by atomic mass is 10.0. The van der Waals surface area contributed by atoms with E-state index >= 15 is 0 Å². The van der Waals surface area contributed by atoms with E-state index in [4.69, 9.17) is 4.99 Å². The quantitative estimate of drug-likeness (QED) is 0.524. The molecule has 1 N–H and O–H groups in total. The molecule has 0 bridgehead atoms. The molecule has 1 unspecified atom stereocenters. The summed E-state index contributed by atoms with van der Waals surface area (Å²) in [5.74, 6) is 2.65. The number of hydrogen-bond donors (Lipinski definition) is 1. The monoisotopic (exact) mass is 310 g/mol. The Balaban J connectivity index is 2.56. The summed E-state index contributed by atoms with van der Waals surface area (Å²) in [5.41, 5.74) is 0. The summed E-state index contributed by atoms with van der Waals surface area (Å²) in [4.78, 5) is 9.93. The summed E-state index contributed by atoms with van der Waals surface area (Å²) in [7, 11) is 0. The van der Waals surface area contributed by atoms with Crippen molar-refractivity contribution in [2.75, 3.05) is 45.8 Å². The summed E-state index contributed by atoms with van der Waals surface area (Å²) in [6.07, 6.45) is 3.75. The Morgan fingerprint density at radius 1 is 1.18 bits per heavy atom. The molecular weight excluding hydrogens is 272 g/mol.